The van der Waals surface area contributed by atoms with Gasteiger partial charge in [0.15, 0.2) is 0 Å². The molecule has 27 heavy (non-hydrogen) atoms. The van der Waals surface area contributed by atoms with Crippen LogP contribution in [0.1, 0.15) is 17.2 Å². The van der Waals surface area contributed by atoms with Crippen molar-refractivity contribution in [1.82, 2.24) is 15.1 Å². The summed E-state index contributed by atoms with van der Waals surface area (Å²) in [7, 11) is 0. The van der Waals surface area contributed by atoms with E-state index in [1.165, 1.54) is 5.39 Å². The Kier molecular flexibility index (Phi) is 4.97. The molecule has 0 radical (unpaired) electrons. The third kappa shape index (κ3) is 4.23. The highest BCUT2D eigenvalue weighted by molar-refractivity contribution is 5.85. The van der Waals surface area contributed by atoms with E-state index in [1.54, 1.807) is 6.20 Å². The Bertz CT molecular complexity index is 1030. The highest BCUT2D eigenvalue weighted by Crippen LogP contribution is 2.18. The molecule has 0 spiro atoms. The summed E-state index contributed by atoms with van der Waals surface area (Å²) < 4.78 is 1.84. The molecule has 0 aliphatic heterocycles. The molecule has 4 rings (SSSR count). The lowest BCUT2D eigenvalue weighted by Gasteiger charge is -2.19. The molecule has 0 aliphatic rings. The van der Waals surface area contributed by atoms with Gasteiger partial charge < -0.3 is 5.32 Å². The van der Waals surface area contributed by atoms with Crippen molar-refractivity contribution in [2.45, 2.75) is 19.0 Å². The summed E-state index contributed by atoms with van der Waals surface area (Å²) in [6.45, 7) is 0.598. The molecule has 0 bridgehead atoms. The van der Waals surface area contributed by atoms with Crippen LogP contribution in [0.5, 0.6) is 0 Å². The highest BCUT2D eigenvalue weighted by Gasteiger charge is 2.16. The number of nitrogens with zero attached hydrogens (tertiary/aromatic N) is 2. The maximum absolute atomic E-state index is 12.7. The number of benzene rings is 3. The van der Waals surface area contributed by atoms with Crippen LogP contribution in [0.15, 0.2) is 91.3 Å². The average molecular weight is 355 g/mol. The van der Waals surface area contributed by atoms with Crippen LogP contribution in [0.2, 0.25) is 0 Å². The zero-order valence-electron chi connectivity index (χ0n) is 15.0. The molecule has 1 N–H and O–H groups in total. The van der Waals surface area contributed by atoms with E-state index in [1.807, 2.05) is 65.5 Å². The largest absolute Gasteiger partial charge is 0.347 e. The molecule has 0 unspecified atom stereocenters. The zero-order chi connectivity index (χ0) is 18.5. The van der Waals surface area contributed by atoms with E-state index in [-0.39, 0.29) is 11.9 Å². The monoisotopic (exact) mass is 355 g/mol. The topological polar surface area (TPSA) is 46.9 Å². The number of rotatable bonds is 6. The first-order valence-electron chi connectivity index (χ1n) is 9.07. The Hall–Kier alpha value is -3.40. The van der Waals surface area contributed by atoms with Gasteiger partial charge in [-0.1, -0.05) is 72.8 Å². The Morgan fingerprint density at radius 2 is 1.70 bits per heavy atom. The molecular formula is C23H21N3O. The third-order valence-electron chi connectivity index (χ3n) is 4.64. The van der Waals surface area contributed by atoms with Crippen LogP contribution in [0.3, 0.4) is 0 Å². The summed E-state index contributed by atoms with van der Waals surface area (Å²) in [6, 6.07) is 26.1. The van der Waals surface area contributed by atoms with Gasteiger partial charge in [0.05, 0.1) is 19.0 Å². The predicted octanol–water partition coefficient (Wildman–Crippen LogP) is 4.14. The van der Waals surface area contributed by atoms with Gasteiger partial charge in [0.2, 0.25) is 5.91 Å². The molecule has 1 atom stereocenters. The molecule has 1 aromatic heterocycles. The molecule has 0 saturated heterocycles. The smallest absolute Gasteiger partial charge is 0.224 e. The van der Waals surface area contributed by atoms with Gasteiger partial charge in [-0.15, -0.1) is 0 Å². The van der Waals surface area contributed by atoms with E-state index >= 15 is 0 Å². The van der Waals surface area contributed by atoms with Gasteiger partial charge in [0.1, 0.15) is 0 Å². The number of amides is 1. The van der Waals surface area contributed by atoms with Gasteiger partial charge >= 0.3 is 0 Å². The highest BCUT2D eigenvalue weighted by atomic mass is 16.1. The van der Waals surface area contributed by atoms with Gasteiger partial charge in [-0.25, -0.2) is 0 Å². The second kappa shape index (κ2) is 7.87. The fourth-order valence-corrected chi connectivity index (χ4v) is 3.29. The first-order valence-corrected chi connectivity index (χ1v) is 9.07. The molecule has 4 heteroatoms. The number of nitrogens with one attached hydrogen (secondary N) is 1. The molecule has 4 nitrogen and oxygen atoms in total. The number of fused-ring (bicyclic) bond motifs is 1. The molecule has 1 amide bonds. The van der Waals surface area contributed by atoms with Crippen LogP contribution < -0.4 is 5.32 Å². The van der Waals surface area contributed by atoms with Crippen LogP contribution >= 0.6 is 0 Å². The lowest BCUT2D eigenvalue weighted by Crippen LogP contribution is -2.32. The van der Waals surface area contributed by atoms with Crippen LogP contribution in [0, 0.1) is 0 Å². The minimum Gasteiger partial charge on any atom is -0.347 e. The van der Waals surface area contributed by atoms with E-state index < -0.39 is 0 Å². The van der Waals surface area contributed by atoms with Crippen LogP contribution in [0.4, 0.5) is 0 Å². The normalized spacial score (nSPS) is 12.0. The molecule has 3 aromatic carbocycles. The molecule has 1 heterocycles. The lowest BCUT2D eigenvalue weighted by atomic mass is 10.0. The first-order chi connectivity index (χ1) is 13.3. The third-order valence-corrected chi connectivity index (χ3v) is 4.64. The van der Waals surface area contributed by atoms with Crippen LogP contribution in [0.25, 0.3) is 10.8 Å². The van der Waals surface area contributed by atoms with Gasteiger partial charge in [-0.2, -0.15) is 5.10 Å². The van der Waals surface area contributed by atoms with Crippen molar-refractivity contribution in [3.05, 3.63) is 102 Å². The van der Waals surface area contributed by atoms with Gasteiger partial charge in [0, 0.05) is 12.4 Å². The van der Waals surface area contributed by atoms with E-state index in [4.69, 9.17) is 0 Å². The second-order valence-electron chi connectivity index (χ2n) is 6.62. The van der Waals surface area contributed by atoms with Crippen molar-refractivity contribution in [3.8, 4) is 0 Å². The van der Waals surface area contributed by atoms with Crippen molar-refractivity contribution < 1.29 is 4.79 Å². The summed E-state index contributed by atoms with van der Waals surface area (Å²) in [5.41, 5.74) is 2.08. The van der Waals surface area contributed by atoms with E-state index in [9.17, 15) is 4.79 Å². The van der Waals surface area contributed by atoms with E-state index in [0.717, 1.165) is 16.5 Å². The molecule has 0 saturated carbocycles. The average Bonchev–Trinajstić information content (AvgIpc) is 3.21. The summed E-state index contributed by atoms with van der Waals surface area (Å²) in [5.74, 6) is 0.00582. The van der Waals surface area contributed by atoms with Crippen LogP contribution in [-0.4, -0.2) is 15.7 Å². The predicted molar refractivity (Wildman–Crippen MR) is 107 cm³/mol. The molecule has 0 fully saturated rings. The van der Waals surface area contributed by atoms with Gasteiger partial charge in [0.25, 0.3) is 0 Å². The Morgan fingerprint density at radius 1 is 0.926 bits per heavy atom. The maximum Gasteiger partial charge on any atom is 0.224 e. The minimum atomic E-state index is -0.126. The summed E-state index contributed by atoms with van der Waals surface area (Å²) in [5, 5.41) is 9.78. The maximum atomic E-state index is 12.7. The summed E-state index contributed by atoms with van der Waals surface area (Å²) in [6.07, 6.45) is 4.01. The fraction of sp³-hybridized carbons (Fsp3) is 0.130. The molecular weight excluding hydrogens is 334 g/mol. The Labute approximate surface area is 158 Å². The number of carbonyl (C=O) groups excluding carboxylic acids is 1. The molecule has 4 aromatic rings. The first kappa shape index (κ1) is 17.0. The van der Waals surface area contributed by atoms with Gasteiger partial charge in [-0.05, 0) is 28.0 Å². The minimum absolute atomic E-state index is 0.00582. The Balaban J connectivity index is 1.50. The molecule has 134 valence electrons. The van der Waals surface area contributed by atoms with Crippen LogP contribution in [-0.2, 0) is 17.8 Å². The second-order valence-corrected chi connectivity index (χ2v) is 6.62. The van der Waals surface area contributed by atoms with Crippen molar-refractivity contribution in [1.29, 1.82) is 0 Å². The quantitative estimate of drug-likeness (QED) is 0.565. The fourth-order valence-electron chi connectivity index (χ4n) is 3.29. The summed E-state index contributed by atoms with van der Waals surface area (Å²) in [4.78, 5) is 12.7. The van der Waals surface area contributed by atoms with E-state index in [2.05, 4.69) is 34.7 Å². The van der Waals surface area contributed by atoms with E-state index in [0.29, 0.717) is 13.0 Å². The number of aromatic nitrogens is 2. The van der Waals surface area contributed by atoms with Gasteiger partial charge in [-0.3, -0.25) is 9.48 Å². The van der Waals surface area contributed by atoms with Crippen molar-refractivity contribution >= 4 is 16.7 Å². The number of hydrogen-bond donors (Lipinski definition) is 1. The standard InChI is InChI=1S/C23H21N3O/c27-23(16-18-11-12-19-7-4-5-10-21(19)15-18)25-22(17-26-14-6-13-24-26)20-8-2-1-3-9-20/h1-15,22H,16-17H2,(H,25,27)/t22-/m1/s1. The zero-order valence-corrected chi connectivity index (χ0v) is 15.0. The van der Waals surface area contributed by atoms with Crippen molar-refractivity contribution in [3.63, 3.8) is 0 Å². The Morgan fingerprint density at radius 3 is 2.48 bits per heavy atom. The van der Waals surface area contributed by atoms with Crippen molar-refractivity contribution in [2.75, 3.05) is 0 Å². The summed E-state index contributed by atoms with van der Waals surface area (Å²) >= 11 is 0. The van der Waals surface area contributed by atoms with Crippen molar-refractivity contribution in [2.24, 2.45) is 0 Å². The molecule has 0 aliphatic carbocycles. The number of hydrogen-bond acceptors (Lipinski definition) is 2. The SMILES string of the molecule is O=C(Cc1ccc2ccccc2c1)N[C@H](Cn1cccn1)c1ccccc1. The number of carbonyl (C=O) groups is 1. The lowest BCUT2D eigenvalue weighted by molar-refractivity contribution is -0.121.